The molecule has 0 radical (unpaired) electrons. The second kappa shape index (κ2) is 3.98. The molecule has 1 amide bonds. The second-order valence-corrected chi connectivity index (χ2v) is 3.52. The van der Waals surface area contributed by atoms with Gasteiger partial charge in [0.15, 0.2) is 5.60 Å². The predicted molar refractivity (Wildman–Crippen MR) is 54.8 cm³/mol. The lowest BCUT2D eigenvalue weighted by Gasteiger charge is -2.23. The molecule has 0 fully saturated rings. The first-order valence-electron chi connectivity index (χ1n) is 4.29. The molecule has 0 unspecified atom stereocenters. The smallest absolute Gasteiger partial charge is 0.254 e. The van der Waals surface area contributed by atoms with Crippen LogP contribution in [-0.2, 0) is 10.4 Å². The maximum atomic E-state index is 11.1. The van der Waals surface area contributed by atoms with E-state index < -0.39 is 11.5 Å². The van der Waals surface area contributed by atoms with Gasteiger partial charge < -0.3 is 10.8 Å². The van der Waals surface area contributed by atoms with E-state index in [1.165, 1.54) is 0 Å². The molecule has 0 heterocycles. The molecular formula is C10H12ClNO2. The van der Waals surface area contributed by atoms with Crippen molar-refractivity contribution in [1.29, 1.82) is 0 Å². The fourth-order valence-electron chi connectivity index (χ4n) is 1.25. The van der Waals surface area contributed by atoms with Crippen LogP contribution in [0.1, 0.15) is 18.9 Å². The minimum absolute atomic E-state index is 0.240. The number of amides is 1. The topological polar surface area (TPSA) is 63.3 Å². The van der Waals surface area contributed by atoms with Crippen molar-refractivity contribution in [3.05, 3.63) is 34.9 Å². The Bertz CT molecular complexity index is 336. The first-order valence-corrected chi connectivity index (χ1v) is 4.67. The normalized spacial score (nSPS) is 14.8. The summed E-state index contributed by atoms with van der Waals surface area (Å²) in [6.07, 6.45) is 0.240. The maximum Gasteiger partial charge on any atom is 0.254 e. The summed E-state index contributed by atoms with van der Waals surface area (Å²) in [5, 5.41) is 10.5. The number of hydrogen-bond donors (Lipinski definition) is 2. The molecule has 1 aromatic rings. The van der Waals surface area contributed by atoms with Crippen molar-refractivity contribution in [3.8, 4) is 0 Å². The molecule has 14 heavy (non-hydrogen) atoms. The number of aliphatic hydroxyl groups is 1. The quantitative estimate of drug-likeness (QED) is 0.798. The van der Waals surface area contributed by atoms with Gasteiger partial charge in [-0.2, -0.15) is 0 Å². The van der Waals surface area contributed by atoms with Crippen molar-refractivity contribution in [2.75, 3.05) is 0 Å². The van der Waals surface area contributed by atoms with Gasteiger partial charge in [0.1, 0.15) is 0 Å². The van der Waals surface area contributed by atoms with Crippen LogP contribution in [0.4, 0.5) is 0 Å². The Kier molecular flexibility index (Phi) is 3.13. The van der Waals surface area contributed by atoms with Crippen LogP contribution in [0.2, 0.25) is 5.02 Å². The van der Waals surface area contributed by atoms with Crippen molar-refractivity contribution in [3.63, 3.8) is 0 Å². The number of halogens is 1. The minimum Gasteiger partial charge on any atom is -0.375 e. The molecular weight excluding hydrogens is 202 g/mol. The van der Waals surface area contributed by atoms with E-state index in [9.17, 15) is 9.90 Å². The van der Waals surface area contributed by atoms with Crippen LogP contribution < -0.4 is 5.73 Å². The summed E-state index contributed by atoms with van der Waals surface area (Å²) >= 11 is 5.69. The van der Waals surface area contributed by atoms with Crippen molar-refractivity contribution >= 4 is 17.5 Å². The van der Waals surface area contributed by atoms with Gasteiger partial charge in [0.05, 0.1) is 0 Å². The molecule has 1 aromatic carbocycles. The van der Waals surface area contributed by atoms with Crippen molar-refractivity contribution in [1.82, 2.24) is 0 Å². The summed E-state index contributed by atoms with van der Waals surface area (Å²) in [5.74, 6) is -0.748. The van der Waals surface area contributed by atoms with E-state index in [-0.39, 0.29) is 6.42 Å². The first kappa shape index (κ1) is 11.0. The molecule has 0 aliphatic heterocycles. The summed E-state index contributed by atoms with van der Waals surface area (Å²) < 4.78 is 0. The Hall–Kier alpha value is -1.06. The number of nitrogens with two attached hydrogens (primary N) is 1. The fraction of sp³-hybridized carbons (Fsp3) is 0.300. The third kappa shape index (κ3) is 1.89. The van der Waals surface area contributed by atoms with Crippen LogP contribution in [0.3, 0.4) is 0 Å². The molecule has 0 aromatic heterocycles. The Morgan fingerprint density at radius 2 is 2.00 bits per heavy atom. The maximum absolute atomic E-state index is 11.1. The average Bonchev–Trinajstić information content (AvgIpc) is 2.17. The molecule has 3 nitrogen and oxygen atoms in total. The van der Waals surface area contributed by atoms with Crippen molar-refractivity contribution in [2.45, 2.75) is 18.9 Å². The van der Waals surface area contributed by atoms with Gasteiger partial charge in [-0.15, -0.1) is 0 Å². The van der Waals surface area contributed by atoms with Gasteiger partial charge in [0, 0.05) is 5.02 Å². The summed E-state index contributed by atoms with van der Waals surface area (Å²) in [4.78, 5) is 11.1. The highest BCUT2D eigenvalue weighted by molar-refractivity contribution is 6.30. The van der Waals surface area contributed by atoms with Gasteiger partial charge in [-0.25, -0.2) is 0 Å². The summed E-state index contributed by atoms with van der Waals surface area (Å²) in [7, 11) is 0. The number of carbonyl (C=O) groups is 1. The highest BCUT2D eigenvalue weighted by Gasteiger charge is 2.33. The lowest BCUT2D eigenvalue weighted by atomic mass is 9.91. The van der Waals surface area contributed by atoms with Gasteiger partial charge in [0.25, 0.3) is 5.91 Å². The van der Waals surface area contributed by atoms with E-state index in [4.69, 9.17) is 17.3 Å². The van der Waals surface area contributed by atoms with Crippen LogP contribution >= 0.6 is 11.6 Å². The second-order valence-electron chi connectivity index (χ2n) is 3.08. The van der Waals surface area contributed by atoms with Crippen LogP contribution in [0, 0.1) is 0 Å². The Balaban J connectivity index is 3.13. The lowest BCUT2D eigenvalue weighted by Crippen LogP contribution is -2.40. The molecule has 0 bridgehead atoms. The molecule has 0 aliphatic rings. The molecule has 76 valence electrons. The number of rotatable bonds is 3. The van der Waals surface area contributed by atoms with E-state index in [0.29, 0.717) is 10.6 Å². The van der Waals surface area contributed by atoms with Gasteiger partial charge in [0.2, 0.25) is 0 Å². The third-order valence-corrected chi connectivity index (χ3v) is 2.49. The Morgan fingerprint density at radius 1 is 1.50 bits per heavy atom. The van der Waals surface area contributed by atoms with Crippen molar-refractivity contribution < 1.29 is 9.90 Å². The Labute approximate surface area is 87.5 Å². The summed E-state index contributed by atoms with van der Waals surface area (Å²) in [5.41, 5.74) is 4.01. The average molecular weight is 214 g/mol. The third-order valence-electron chi connectivity index (χ3n) is 2.24. The van der Waals surface area contributed by atoms with Gasteiger partial charge >= 0.3 is 0 Å². The molecule has 0 saturated carbocycles. The SMILES string of the molecule is CC[C@](O)(C(N)=O)c1ccc(Cl)cc1. The number of primary amides is 1. The molecule has 1 rings (SSSR count). The highest BCUT2D eigenvalue weighted by Crippen LogP contribution is 2.25. The lowest BCUT2D eigenvalue weighted by molar-refractivity contribution is -0.137. The van der Waals surface area contributed by atoms with Gasteiger partial charge in [-0.05, 0) is 24.1 Å². The zero-order valence-corrected chi connectivity index (χ0v) is 8.58. The highest BCUT2D eigenvalue weighted by atomic mass is 35.5. The zero-order chi connectivity index (χ0) is 10.8. The Morgan fingerprint density at radius 3 is 2.36 bits per heavy atom. The minimum atomic E-state index is -1.59. The van der Waals surface area contributed by atoms with Crippen LogP contribution in [0.15, 0.2) is 24.3 Å². The van der Waals surface area contributed by atoms with E-state index in [2.05, 4.69) is 0 Å². The number of carbonyl (C=O) groups excluding carboxylic acids is 1. The van der Waals surface area contributed by atoms with Gasteiger partial charge in [-0.1, -0.05) is 30.7 Å². The largest absolute Gasteiger partial charge is 0.375 e. The summed E-state index contributed by atoms with van der Waals surface area (Å²) in [6, 6.07) is 6.41. The van der Waals surface area contributed by atoms with Crippen LogP contribution in [0.5, 0.6) is 0 Å². The van der Waals surface area contributed by atoms with Gasteiger partial charge in [-0.3, -0.25) is 4.79 Å². The number of benzene rings is 1. The van der Waals surface area contributed by atoms with Crippen LogP contribution in [0.25, 0.3) is 0 Å². The van der Waals surface area contributed by atoms with E-state index in [0.717, 1.165) is 0 Å². The number of hydrogen-bond acceptors (Lipinski definition) is 2. The molecule has 0 aliphatic carbocycles. The molecule has 0 spiro atoms. The fourth-order valence-corrected chi connectivity index (χ4v) is 1.37. The van der Waals surface area contributed by atoms with Crippen LogP contribution in [-0.4, -0.2) is 11.0 Å². The zero-order valence-electron chi connectivity index (χ0n) is 7.83. The van der Waals surface area contributed by atoms with E-state index in [1.54, 1.807) is 31.2 Å². The molecule has 0 saturated heterocycles. The molecule has 1 atom stereocenters. The predicted octanol–water partition coefficient (Wildman–Crippen LogP) is 1.42. The van der Waals surface area contributed by atoms with Crippen molar-refractivity contribution in [2.24, 2.45) is 5.73 Å². The first-order chi connectivity index (χ1) is 6.50. The van der Waals surface area contributed by atoms with E-state index in [1.807, 2.05) is 0 Å². The molecule has 3 N–H and O–H groups in total. The van der Waals surface area contributed by atoms with E-state index >= 15 is 0 Å². The monoisotopic (exact) mass is 213 g/mol. The summed E-state index contributed by atoms with van der Waals surface area (Å²) in [6.45, 7) is 1.69. The standard InChI is InChI=1S/C10H12ClNO2/c1-2-10(14,9(12)13)7-3-5-8(11)6-4-7/h3-6,14H,2H2,1H3,(H2,12,13)/t10-/m1/s1. The molecule has 4 heteroatoms.